The van der Waals surface area contributed by atoms with Crippen molar-refractivity contribution in [3.8, 4) is 5.75 Å². The SMILES string of the molecule is COc1ccc(C(O)=C2C(=O)C(=O)N(CCC(=O)O)C2c2ccccn2)cc1. The molecule has 28 heavy (non-hydrogen) atoms. The molecule has 1 aromatic carbocycles. The Kier molecular flexibility index (Phi) is 5.39. The molecule has 0 aliphatic carbocycles. The van der Waals surface area contributed by atoms with Gasteiger partial charge >= 0.3 is 5.97 Å². The molecule has 3 rings (SSSR count). The number of ketones is 1. The highest BCUT2D eigenvalue weighted by Gasteiger charge is 2.46. The summed E-state index contributed by atoms with van der Waals surface area (Å²) in [6.07, 6.45) is 1.17. The number of pyridine rings is 1. The van der Waals surface area contributed by atoms with Crippen molar-refractivity contribution in [2.45, 2.75) is 12.5 Å². The highest BCUT2D eigenvalue weighted by atomic mass is 16.5. The van der Waals surface area contributed by atoms with Gasteiger partial charge < -0.3 is 19.8 Å². The predicted molar refractivity (Wildman–Crippen MR) is 98.5 cm³/mol. The number of hydrogen-bond acceptors (Lipinski definition) is 6. The molecule has 8 heteroatoms. The van der Waals surface area contributed by atoms with Gasteiger partial charge in [-0.05, 0) is 36.4 Å². The minimum atomic E-state index is -1.10. The monoisotopic (exact) mass is 382 g/mol. The average molecular weight is 382 g/mol. The molecule has 8 nitrogen and oxygen atoms in total. The number of aromatic nitrogens is 1. The number of ether oxygens (including phenoxy) is 1. The van der Waals surface area contributed by atoms with Gasteiger partial charge in [-0.25, -0.2) is 0 Å². The first-order valence-corrected chi connectivity index (χ1v) is 8.49. The molecule has 144 valence electrons. The quantitative estimate of drug-likeness (QED) is 0.446. The maximum absolute atomic E-state index is 12.7. The number of benzene rings is 1. The molecular weight excluding hydrogens is 364 g/mol. The van der Waals surface area contributed by atoms with Gasteiger partial charge in [0.1, 0.15) is 17.6 Å². The third-order valence-electron chi connectivity index (χ3n) is 4.44. The third kappa shape index (κ3) is 3.57. The fraction of sp³-hybridized carbons (Fsp3) is 0.200. The van der Waals surface area contributed by atoms with E-state index in [0.29, 0.717) is 17.0 Å². The van der Waals surface area contributed by atoms with E-state index in [1.54, 1.807) is 42.5 Å². The Morgan fingerprint density at radius 2 is 1.86 bits per heavy atom. The number of hydrogen-bond donors (Lipinski definition) is 2. The predicted octanol–water partition coefficient (Wildman–Crippen LogP) is 1.99. The fourth-order valence-electron chi connectivity index (χ4n) is 3.08. The summed E-state index contributed by atoms with van der Waals surface area (Å²) in [6, 6.07) is 10.4. The molecule has 1 aromatic heterocycles. The first-order valence-electron chi connectivity index (χ1n) is 8.49. The van der Waals surface area contributed by atoms with Crippen LogP contribution in [0.3, 0.4) is 0 Å². The number of carbonyl (C=O) groups excluding carboxylic acids is 2. The smallest absolute Gasteiger partial charge is 0.305 e. The molecule has 2 N–H and O–H groups in total. The van der Waals surface area contributed by atoms with Gasteiger partial charge in [0.2, 0.25) is 0 Å². The number of aliphatic carboxylic acids is 1. The molecule has 1 saturated heterocycles. The summed E-state index contributed by atoms with van der Waals surface area (Å²) in [5.41, 5.74) is 0.569. The molecule has 1 unspecified atom stereocenters. The Balaban J connectivity index is 2.11. The molecule has 2 heterocycles. The largest absolute Gasteiger partial charge is 0.507 e. The molecule has 0 bridgehead atoms. The van der Waals surface area contributed by atoms with Crippen LogP contribution in [0.4, 0.5) is 0 Å². The van der Waals surface area contributed by atoms with Crippen LogP contribution < -0.4 is 4.74 Å². The summed E-state index contributed by atoms with van der Waals surface area (Å²) in [7, 11) is 1.50. The van der Waals surface area contributed by atoms with E-state index < -0.39 is 23.7 Å². The molecule has 1 aliphatic heterocycles. The van der Waals surface area contributed by atoms with Crippen molar-refractivity contribution in [1.29, 1.82) is 0 Å². The Hall–Kier alpha value is -3.68. The van der Waals surface area contributed by atoms with Crippen molar-refractivity contribution in [1.82, 2.24) is 9.88 Å². The molecule has 1 amide bonds. The summed E-state index contributed by atoms with van der Waals surface area (Å²) in [6.45, 7) is -0.180. The van der Waals surface area contributed by atoms with E-state index >= 15 is 0 Å². The van der Waals surface area contributed by atoms with Gasteiger partial charge in [-0.15, -0.1) is 0 Å². The summed E-state index contributed by atoms with van der Waals surface area (Å²) in [5, 5.41) is 19.8. The van der Waals surface area contributed by atoms with Crippen molar-refractivity contribution in [3.63, 3.8) is 0 Å². The second kappa shape index (κ2) is 7.91. The highest BCUT2D eigenvalue weighted by molar-refractivity contribution is 6.46. The van der Waals surface area contributed by atoms with E-state index in [1.807, 2.05) is 0 Å². The zero-order valence-electron chi connectivity index (χ0n) is 15.0. The lowest BCUT2D eigenvalue weighted by molar-refractivity contribution is -0.142. The van der Waals surface area contributed by atoms with Gasteiger partial charge in [-0.2, -0.15) is 0 Å². The number of amides is 1. The lowest BCUT2D eigenvalue weighted by Gasteiger charge is -2.23. The number of aliphatic hydroxyl groups is 1. The van der Waals surface area contributed by atoms with Gasteiger partial charge in [-0.3, -0.25) is 19.4 Å². The molecule has 0 radical (unpaired) electrons. The number of rotatable bonds is 6. The van der Waals surface area contributed by atoms with Crippen LogP contribution in [0.25, 0.3) is 5.76 Å². The van der Waals surface area contributed by atoms with Crippen LogP contribution in [0.2, 0.25) is 0 Å². The molecule has 1 fully saturated rings. The van der Waals surface area contributed by atoms with Crippen molar-refractivity contribution < 1.29 is 29.3 Å². The van der Waals surface area contributed by atoms with Crippen LogP contribution in [0.15, 0.2) is 54.2 Å². The zero-order valence-corrected chi connectivity index (χ0v) is 15.0. The van der Waals surface area contributed by atoms with E-state index in [2.05, 4.69) is 4.98 Å². The number of likely N-dealkylation sites (tertiary alicyclic amines) is 1. The molecule has 2 aromatic rings. The zero-order chi connectivity index (χ0) is 20.3. The normalized spacial score (nSPS) is 18.3. The van der Waals surface area contributed by atoms with Crippen LogP contribution >= 0.6 is 0 Å². The van der Waals surface area contributed by atoms with E-state index in [0.717, 1.165) is 4.90 Å². The molecular formula is C20H18N2O6. The lowest BCUT2D eigenvalue weighted by atomic mass is 9.98. The van der Waals surface area contributed by atoms with Gasteiger partial charge in [0, 0.05) is 18.3 Å². The van der Waals surface area contributed by atoms with Crippen LogP contribution in [-0.2, 0) is 14.4 Å². The molecule has 1 atom stereocenters. The number of carboxylic acid groups (broad SMARTS) is 1. The standard InChI is InChI=1S/C20H18N2O6/c1-28-13-7-5-12(6-8-13)18(25)16-17(14-4-2-3-10-21-14)22(11-9-15(23)24)20(27)19(16)26/h2-8,10,17,25H,9,11H2,1H3,(H,23,24). The Morgan fingerprint density at radius 3 is 2.43 bits per heavy atom. The Bertz CT molecular complexity index is 937. The van der Waals surface area contributed by atoms with E-state index in [1.165, 1.54) is 13.3 Å². The topological polar surface area (TPSA) is 117 Å². The highest BCUT2D eigenvalue weighted by Crippen LogP contribution is 2.38. The number of Topliss-reactive ketones (excluding diaryl/α,β-unsaturated/α-hetero) is 1. The third-order valence-corrected chi connectivity index (χ3v) is 4.44. The van der Waals surface area contributed by atoms with Crippen LogP contribution in [0.1, 0.15) is 23.7 Å². The van der Waals surface area contributed by atoms with E-state index in [-0.39, 0.29) is 24.3 Å². The minimum absolute atomic E-state index is 0.126. The summed E-state index contributed by atoms with van der Waals surface area (Å²) < 4.78 is 5.08. The van der Waals surface area contributed by atoms with Gasteiger partial charge in [0.05, 0.1) is 24.8 Å². The Morgan fingerprint density at radius 1 is 1.14 bits per heavy atom. The number of carboxylic acids is 1. The number of carbonyl (C=O) groups is 3. The van der Waals surface area contributed by atoms with Gasteiger partial charge in [0.15, 0.2) is 0 Å². The van der Waals surface area contributed by atoms with Gasteiger partial charge in [-0.1, -0.05) is 6.07 Å². The molecule has 0 spiro atoms. The maximum Gasteiger partial charge on any atom is 0.305 e. The second-order valence-electron chi connectivity index (χ2n) is 6.12. The fourth-order valence-corrected chi connectivity index (χ4v) is 3.08. The van der Waals surface area contributed by atoms with Crippen molar-refractivity contribution in [3.05, 3.63) is 65.5 Å². The molecule has 1 aliphatic rings. The van der Waals surface area contributed by atoms with Crippen molar-refractivity contribution >= 4 is 23.4 Å². The number of methoxy groups -OCH3 is 1. The van der Waals surface area contributed by atoms with E-state index in [4.69, 9.17) is 9.84 Å². The van der Waals surface area contributed by atoms with E-state index in [9.17, 15) is 19.5 Å². The van der Waals surface area contributed by atoms with Gasteiger partial charge in [0.25, 0.3) is 11.7 Å². The summed E-state index contributed by atoms with van der Waals surface area (Å²) >= 11 is 0. The number of nitrogens with zero attached hydrogens (tertiary/aromatic N) is 2. The van der Waals surface area contributed by atoms with Crippen molar-refractivity contribution in [2.24, 2.45) is 0 Å². The van der Waals surface area contributed by atoms with Crippen LogP contribution in [0.5, 0.6) is 5.75 Å². The minimum Gasteiger partial charge on any atom is -0.507 e. The Labute approximate surface area is 160 Å². The summed E-state index contributed by atoms with van der Waals surface area (Å²) in [4.78, 5) is 41.5. The molecule has 0 saturated carbocycles. The van der Waals surface area contributed by atoms with Crippen molar-refractivity contribution in [2.75, 3.05) is 13.7 Å². The van der Waals surface area contributed by atoms with Crippen LogP contribution in [-0.4, -0.2) is 51.4 Å². The number of aliphatic hydroxyl groups excluding tert-OH is 1. The lowest BCUT2D eigenvalue weighted by Crippen LogP contribution is -2.32. The van der Waals surface area contributed by atoms with Crippen LogP contribution in [0, 0.1) is 0 Å². The first kappa shape index (κ1) is 19.1. The average Bonchev–Trinajstić information content (AvgIpc) is 2.97. The maximum atomic E-state index is 12.7. The second-order valence-corrected chi connectivity index (χ2v) is 6.12. The first-order chi connectivity index (χ1) is 13.4. The summed E-state index contributed by atoms with van der Waals surface area (Å²) in [5.74, 6) is -2.63.